The molecule has 0 spiro atoms. The number of hydrogen-bond acceptors (Lipinski definition) is 3. The van der Waals surface area contributed by atoms with Gasteiger partial charge in [-0.1, -0.05) is 36.4 Å². The summed E-state index contributed by atoms with van der Waals surface area (Å²) in [5, 5.41) is 3.17. The molecule has 0 bridgehead atoms. The molecule has 1 aliphatic heterocycles. The van der Waals surface area contributed by atoms with Crippen molar-refractivity contribution in [2.75, 3.05) is 25.4 Å². The van der Waals surface area contributed by atoms with Crippen LogP contribution in [0.4, 0.5) is 5.69 Å². The number of halogens is 2. The zero-order chi connectivity index (χ0) is 16.1. The first-order valence-electron chi connectivity index (χ1n) is 8.16. The van der Waals surface area contributed by atoms with Crippen LogP contribution in [0, 0.1) is 0 Å². The van der Waals surface area contributed by atoms with Gasteiger partial charge >= 0.3 is 0 Å². The van der Waals surface area contributed by atoms with Crippen LogP contribution in [0.1, 0.15) is 34.8 Å². The Morgan fingerprint density at radius 1 is 1.04 bits per heavy atom. The minimum absolute atomic E-state index is 0. The minimum Gasteiger partial charge on any atom is -0.399 e. The number of carbonyl (C=O) groups is 1. The van der Waals surface area contributed by atoms with Gasteiger partial charge in [0.25, 0.3) is 5.91 Å². The van der Waals surface area contributed by atoms with Crippen molar-refractivity contribution in [1.29, 1.82) is 0 Å². The highest BCUT2D eigenvalue weighted by Gasteiger charge is 2.21. The quantitative estimate of drug-likeness (QED) is 0.776. The fourth-order valence-corrected chi connectivity index (χ4v) is 3.06. The summed E-state index contributed by atoms with van der Waals surface area (Å²) in [7, 11) is 0. The van der Waals surface area contributed by atoms with Crippen LogP contribution >= 0.6 is 24.8 Å². The summed E-state index contributed by atoms with van der Waals surface area (Å²) in [6, 6.07) is 17.3. The third-order valence-electron chi connectivity index (χ3n) is 4.30. The standard InChI is InChI=1S/C19H23N3O.2ClH/c20-17-10-6-9-16(13-17)19(23)21-18(14-22-11-4-5-12-22)15-7-2-1-3-8-15;;/h1-3,6-10,13,18H,4-5,11-12,14,20H2,(H,21,23);2*1H. The fraction of sp³-hybridized carbons (Fsp3) is 0.316. The average Bonchev–Trinajstić information content (AvgIpc) is 3.08. The van der Waals surface area contributed by atoms with Gasteiger partial charge < -0.3 is 16.0 Å². The lowest BCUT2D eigenvalue weighted by Crippen LogP contribution is -2.37. The SMILES string of the molecule is Cl.Cl.Nc1cccc(C(=O)NC(CN2CCCC2)c2ccccc2)c1. The number of nitrogens with one attached hydrogen (secondary N) is 1. The molecule has 1 atom stereocenters. The van der Waals surface area contributed by atoms with E-state index in [-0.39, 0.29) is 36.8 Å². The number of anilines is 1. The molecule has 4 nitrogen and oxygen atoms in total. The molecule has 3 N–H and O–H groups in total. The number of hydrogen-bond donors (Lipinski definition) is 2. The van der Waals surface area contributed by atoms with Gasteiger partial charge in [-0.2, -0.15) is 0 Å². The van der Waals surface area contributed by atoms with Crippen LogP contribution in [0.15, 0.2) is 54.6 Å². The second-order valence-electron chi connectivity index (χ2n) is 6.07. The first-order valence-corrected chi connectivity index (χ1v) is 8.16. The van der Waals surface area contributed by atoms with E-state index < -0.39 is 0 Å². The Morgan fingerprint density at radius 3 is 2.36 bits per heavy atom. The van der Waals surface area contributed by atoms with Gasteiger partial charge in [0.2, 0.25) is 0 Å². The third kappa shape index (κ3) is 5.92. The van der Waals surface area contributed by atoms with E-state index in [2.05, 4.69) is 22.3 Å². The van der Waals surface area contributed by atoms with Crippen molar-refractivity contribution in [2.45, 2.75) is 18.9 Å². The molecule has 1 aliphatic rings. The van der Waals surface area contributed by atoms with Crippen LogP contribution in [0.5, 0.6) is 0 Å². The molecule has 2 aromatic carbocycles. The topological polar surface area (TPSA) is 58.4 Å². The smallest absolute Gasteiger partial charge is 0.251 e. The maximum atomic E-state index is 12.6. The van der Waals surface area contributed by atoms with Gasteiger partial charge in [0, 0.05) is 17.8 Å². The highest BCUT2D eigenvalue weighted by atomic mass is 35.5. The summed E-state index contributed by atoms with van der Waals surface area (Å²) >= 11 is 0. The van der Waals surface area contributed by atoms with Crippen LogP contribution in [-0.2, 0) is 0 Å². The first-order chi connectivity index (χ1) is 11.2. The highest BCUT2D eigenvalue weighted by molar-refractivity contribution is 5.95. The van der Waals surface area contributed by atoms with Crippen LogP contribution in [-0.4, -0.2) is 30.4 Å². The molecule has 2 aromatic rings. The van der Waals surface area contributed by atoms with Crippen LogP contribution in [0.3, 0.4) is 0 Å². The van der Waals surface area contributed by atoms with Crippen molar-refractivity contribution in [2.24, 2.45) is 0 Å². The molecule has 136 valence electrons. The Hall–Kier alpha value is -1.75. The zero-order valence-electron chi connectivity index (χ0n) is 14.1. The van der Waals surface area contributed by atoms with Gasteiger partial charge in [0.15, 0.2) is 0 Å². The van der Waals surface area contributed by atoms with Crippen LogP contribution in [0.2, 0.25) is 0 Å². The number of nitrogen functional groups attached to an aromatic ring is 1. The predicted molar refractivity (Wildman–Crippen MR) is 108 cm³/mol. The summed E-state index contributed by atoms with van der Waals surface area (Å²) in [6.07, 6.45) is 2.48. The number of rotatable bonds is 5. The summed E-state index contributed by atoms with van der Waals surface area (Å²) < 4.78 is 0. The lowest BCUT2D eigenvalue weighted by atomic mass is 10.1. The van der Waals surface area contributed by atoms with Crippen molar-refractivity contribution in [3.05, 3.63) is 65.7 Å². The van der Waals surface area contributed by atoms with Gasteiger partial charge in [-0.25, -0.2) is 0 Å². The monoisotopic (exact) mass is 381 g/mol. The molecule has 1 amide bonds. The van der Waals surface area contributed by atoms with E-state index in [0.29, 0.717) is 11.3 Å². The summed E-state index contributed by atoms with van der Waals surface area (Å²) in [4.78, 5) is 15.0. The van der Waals surface area contributed by atoms with Crippen molar-refractivity contribution < 1.29 is 4.79 Å². The molecule has 0 aliphatic carbocycles. The molecule has 1 unspecified atom stereocenters. The molecule has 0 saturated carbocycles. The van der Waals surface area contributed by atoms with E-state index in [0.717, 1.165) is 25.2 Å². The molecule has 0 radical (unpaired) electrons. The van der Waals surface area contributed by atoms with E-state index >= 15 is 0 Å². The zero-order valence-corrected chi connectivity index (χ0v) is 15.7. The van der Waals surface area contributed by atoms with Gasteiger partial charge in [0.05, 0.1) is 6.04 Å². The molecule has 1 fully saturated rings. The van der Waals surface area contributed by atoms with E-state index in [4.69, 9.17) is 5.73 Å². The number of likely N-dealkylation sites (tertiary alicyclic amines) is 1. The van der Waals surface area contributed by atoms with Gasteiger partial charge in [-0.05, 0) is 49.7 Å². The third-order valence-corrected chi connectivity index (χ3v) is 4.30. The fourth-order valence-electron chi connectivity index (χ4n) is 3.06. The van der Waals surface area contributed by atoms with Crippen molar-refractivity contribution in [1.82, 2.24) is 10.2 Å². The highest BCUT2D eigenvalue weighted by Crippen LogP contribution is 2.18. The lowest BCUT2D eigenvalue weighted by molar-refractivity contribution is 0.0927. The Bertz CT molecular complexity index is 661. The summed E-state index contributed by atoms with van der Waals surface area (Å²) in [5.74, 6) is -0.0784. The molecular formula is C19H25Cl2N3O. The first kappa shape index (κ1) is 21.3. The van der Waals surface area contributed by atoms with Crippen molar-refractivity contribution in [3.63, 3.8) is 0 Å². The predicted octanol–water partition coefficient (Wildman–Crippen LogP) is 3.68. The molecule has 6 heteroatoms. The average molecular weight is 382 g/mol. The number of nitrogens with zero attached hydrogens (tertiary/aromatic N) is 1. The Kier molecular flexibility index (Phi) is 8.76. The molecule has 3 rings (SSSR count). The van der Waals surface area contributed by atoms with E-state index in [1.54, 1.807) is 18.2 Å². The Labute approximate surface area is 161 Å². The number of benzene rings is 2. The maximum absolute atomic E-state index is 12.6. The molecular weight excluding hydrogens is 357 g/mol. The van der Waals surface area contributed by atoms with E-state index in [9.17, 15) is 4.79 Å². The van der Waals surface area contributed by atoms with E-state index in [1.807, 2.05) is 24.3 Å². The number of nitrogens with two attached hydrogens (primary N) is 1. The lowest BCUT2D eigenvalue weighted by Gasteiger charge is -2.25. The second kappa shape index (κ2) is 10.3. The maximum Gasteiger partial charge on any atom is 0.251 e. The van der Waals surface area contributed by atoms with Gasteiger partial charge in [0.1, 0.15) is 0 Å². The van der Waals surface area contributed by atoms with Crippen molar-refractivity contribution >= 4 is 36.4 Å². The molecule has 0 aromatic heterocycles. The van der Waals surface area contributed by atoms with Crippen molar-refractivity contribution in [3.8, 4) is 0 Å². The Morgan fingerprint density at radius 2 is 1.72 bits per heavy atom. The second-order valence-corrected chi connectivity index (χ2v) is 6.07. The van der Waals surface area contributed by atoms with Crippen LogP contribution in [0.25, 0.3) is 0 Å². The Balaban J connectivity index is 0.00000156. The minimum atomic E-state index is -0.0784. The normalized spacial score (nSPS) is 14.9. The number of amides is 1. The van der Waals surface area contributed by atoms with Crippen LogP contribution < -0.4 is 11.1 Å². The molecule has 25 heavy (non-hydrogen) atoms. The molecule has 1 heterocycles. The van der Waals surface area contributed by atoms with E-state index in [1.165, 1.54) is 12.8 Å². The summed E-state index contributed by atoms with van der Waals surface area (Å²) in [5.41, 5.74) is 8.13. The van der Waals surface area contributed by atoms with Gasteiger partial charge in [-0.15, -0.1) is 24.8 Å². The largest absolute Gasteiger partial charge is 0.399 e. The molecule has 1 saturated heterocycles. The van der Waals surface area contributed by atoms with Gasteiger partial charge in [-0.3, -0.25) is 4.79 Å². The number of carbonyl (C=O) groups excluding carboxylic acids is 1. The summed E-state index contributed by atoms with van der Waals surface area (Å²) in [6.45, 7) is 3.06.